The second-order valence-electron chi connectivity index (χ2n) is 6.84. The highest BCUT2D eigenvalue weighted by molar-refractivity contribution is 5.96. The molecule has 0 spiro atoms. The highest BCUT2D eigenvalue weighted by Crippen LogP contribution is 2.37. The summed E-state index contributed by atoms with van der Waals surface area (Å²) in [6, 6.07) is 5.36. The molecule has 4 aromatic rings. The van der Waals surface area contributed by atoms with E-state index in [4.69, 9.17) is 13.9 Å². The van der Waals surface area contributed by atoms with Gasteiger partial charge in [0.25, 0.3) is 5.89 Å². The fourth-order valence-corrected chi connectivity index (χ4v) is 3.07. The lowest BCUT2D eigenvalue weighted by atomic mass is 10.1. The fourth-order valence-electron chi connectivity index (χ4n) is 3.07. The molecule has 12 nitrogen and oxygen atoms in total. The van der Waals surface area contributed by atoms with Crippen molar-refractivity contribution in [2.75, 3.05) is 24.4 Å². The van der Waals surface area contributed by atoms with Crippen LogP contribution in [0.1, 0.15) is 37.0 Å². The van der Waals surface area contributed by atoms with Gasteiger partial charge in [-0.25, -0.2) is 9.78 Å². The summed E-state index contributed by atoms with van der Waals surface area (Å²) >= 11 is 0. The summed E-state index contributed by atoms with van der Waals surface area (Å²) in [6.07, 6.45) is 4.80. The fraction of sp³-hybridized carbons (Fsp3) is 0.304. The maximum absolute atomic E-state index is 12.5. The molecule has 0 saturated carbocycles. The SMILES string of the molecule is CC.CCOC(=O)c1cnc(Nc2cnn(C)c2)nc1Nc1cccc(-c2nnc(C)o2)c1OC. The molecule has 4 rings (SSSR count). The molecule has 35 heavy (non-hydrogen) atoms. The molecule has 0 unspecified atom stereocenters. The third-order valence-electron chi connectivity index (χ3n) is 4.47. The Balaban J connectivity index is 0.00000167. The van der Waals surface area contributed by atoms with Crippen molar-refractivity contribution in [3.63, 3.8) is 0 Å². The maximum Gasteiger partial charge on any atom is 0.343 e. The first-order chi connectivity index (χ1) is 17.0. The molecule has 3 aromatic heterocycles. The summed E-state index contributed by atoms with van der Waals surface area (Å²) < 4.78 is 18.0. The maximum atomic E-state index is 12.5. The third-order valence-corrected chi connectivity index (χ3v) is 4.47. The molecule has 0 radical (unpaired) electrons. The van der Waals surface area contributed by atoms with Crippen LogP contribution >= 0.6 is 0 Å². The Labute approximate surface area is 202 Å². The number of rotatable bonds is 8. The lowest BCUT2D eigenvalue weighted by Gasteiger charge is -2.15. The van der Waals surface area contributed by atoms with Crippen LogP contribution in [0.2, 0.25) is 0 Å². The van der Waals surface area contributed by atoms with Gasteiger partial charge in [-0.1, -0.05) is 19.9 Å². The Hall–Kier alpha value is -4.48. The van der Waals surface area contributed by atoms with Gasteiger partial charge in [0.05, 0.1) is 36.9 Å². The molecule has 184 valence electrons. The predicted molar refractivity (Wildman–Crippen MR) is 130 cm³/mol. The molecular formula is C23H28N8O4. The molecule has 0 fully saturated rings. The third kappa shape index (κ3) is 5.91. The van der Waals surface area contributed by atoms with Crippen molar-refractivity contribution in [2.45, 2.75) is 27.7 Å². The molecule has 0 aliphatic rings. The normalized spacial score (nSPS) is 10.2. The quantitative estimate of drug-likeness (QED) is 0.349. The van der Waals surface area contributed by atoms with Crippen LogP contribution in [0.15, 0.2) is 41.2 Å². The molecule has 0 amide bonds. The van der Waals surface area contributed by atoms with Gasteiger partial charge < -0.3 is 24.5 Å². The van der Waals surface area contributed by atoms with E-state index >= 15 is 0 Å². The summed E-state index contributed by atoms with van der Waals surface area (Å²) in [5.41, 5.74) is 1.97. The van der Waals surface area contributed by atoms with Gasteiger partial charge in [0.15, 0.2) is 11.6 Å². The van der Waals surface area contributed by atoms with Crippen molar-refractivity contribution in [2.24, 2.45) is 7.05 Å². The van der Waals surface area contributed by atoms with Crippen molar-refractivity contribution < 1.29 is 18.7 Å². The van der Waals surface area contributed by atoms with E-state index in [1.165, 1.54) is 13.3 Å². The second kappa shape index (κ2) is 11.6. The van der Waals surface area contributed by atoms with Crippen molar-refractivity contribution in [1.29, 1.82) is 0 Å². The van der Waals surface area contributed by atoms with E-state index in [-0.39, 0.29) is 23.9 Å². The van der Waals surface area contributed by atoms with Gasteiger partial charge in [-0.15, -0.1) is 10.2 Å². The summed E-state index contributed by atoms with van der Waals surface area (Å²) in [7, 11) is 3.32. The number of methoxy groups -OCH3 is 1. The first kappa shape index (κ1) is 25.1. The van der Waals surface area contributed by atoms with Crippen LogP contribution in [0.4, 0.5) is 23.1 Å². The standard InChI is InChI=1S/C21H22N8O4.C2H6/c1-5-32-20(30)15-10-22-21(24-13-9-23-29(3)11-13)26-18(15)25-16-8-6-7-14(17(16)31-4)19-28-27-12(2)33-19;1-2/h6-11H,5H2,1-4H3,(H2,22,24,25,26);1-2H3. The van der Waals surface area contributed by atoms with Gasteiger partial charge in [0.2, 0.25) is 11.8 Å². The minimum atomic E-state index is -0.560. The minimum absolute atomic E-state index is 0.162. The number of nitrogens with zero attached hydrogens (tertiary/aromatic N) is 6. The van der Waals surface area contributed by atoms with Crippen molar-refractivity contribution in [3.05, 3.63) is 48.2 Å². The average Bonchev–Trinajstić information content (AvgIpc) is 3.48. The zero-order valence-electron chi connectivity index (χ0n) is 20.5. The monoisotopic (exact) mass is 480 g/mol. The number of carbonyl (C=O) groups excluding carboxylic acids is 1. The number of anilines is 4. The van der Waals surface area contributed by atoms with Gasteiger partial charge in [0, 0.05) is 26.4 Å². The highest BCUT2D eigenvalue weighted by Gasteiger charge is 2.20. The zero-order valence-corrected chi connectivity index (χ0v) is 20.5. The van der Waals surface area contributed by atoms with Crippen LogP contribution in [-0.4, -0.2) is 49.6 Å². The van der Waals surface area contributed by atoms with E-state index in [1.54, 1.807) is 56.2 Å². The van der Waals surface area contributed by atoms with E-state index < -0.39 is 5.97 Å². The van der Waals surface area contributed by atoms with Crippen LogP contribution in [0, 0.1) is 6.92 Å². The number of nitrogens with one attached hydrogen (secondary N) is 2. The molecular weight excluding hydrogens is 452 g/mol. The topological polar surface area (TPSA) is 142 Å². The zero-order chi connectivity index (χ0) is 25.4. The van der Waals surface area contributed by atoms with E-state index in [2.05, 4.69) is 35.9 Å². The number of ether oxygens (including phenoxy) is 2. The first-order valence-corrected chi connectivity index (χ1v) is 11.0. The Kier molecular flexibility index (Phi) is 8.33. The first-order valence-electron chi connectivity index (χ1n) is 11.0. The van der Waals surface area contributed by atoms with Gasteiger partial charge in [-0.05, 0) is 19.1 Å². The molecule has 0 bridgehead atoms. The van der Waals surface area contributed by atoms with Crippen LogP contribution in [-0.2, 0) is 11.8 Å². The van der Waals surface area contributed by atoms with Crippen LogP contribution < -0.4 is 15.4 Å². The Bertz CT molecular complexity index is 1280. The van der Waals surface area contributed by atoms with Gasteiger partial charge >= 0.3 is 5.97 Å². The summed E-state index contributed by atoms with van der Waals surface area (Å²) in [4.78, 5) is 21.2. The van der Waals surface area contributed by atoms with Crippen LogP contribution in [0.5, 0.6) is 5.75 Å². The molecule has 0 saturated heterocycles. The molecule has 0 atom stereocenters. The van der Waals surface area contributed by atoms with Crippen LogP contribution in [0.25, 0.3) is 11.5 Å². The summed E-state index contributed by atoms with van der Waals surface area (Å²) in [5, 5.41) is 18.3. The van der Waals surface area contributed by atoms with Crippen molar-refractivity contribution >= 4 is 29.1 Å². The number of benzene rings is 1. The molecule has 1 aromatic carbocycles. The number of para-hydroxylation sites is 1. The summed E-state index contributed by atoms with van der Waals surface area (Å²) in [6.45, 7) is 7.64. The largest absolute Gasteiger partial charge is 0.494 e. The molecule has 3 heterocycles. The molecule has 2 N–H and O–H groups in total. The van der Waals surface area contributed by atoms with E-state index in [0.29, 0.717) is 34.5 Å². The number of carbonyl (C=O) groups is 1. The van der Waals surface area contributed by atoms with Gasteiger partial charge in [0.1, 0.15) is 5.56 Å². The summed E-state index contributed by atoms with van der Waals surface area (Å²) in [5.74, 6) is 1.11. The smallest absolute Gasteiger partial charge is 0.343 e. The Morgan fingerprint density at radius 3 is 2.60 bits per heavy atom. The average molecular weight is 481 g/mol. The Morgan fingerprint density at radius 1 is 1.17 bits per heavy atom. The lowest BCUT2D eigenvalue weighted by molar-refractivity contribution is 0.0526. The van der Waals surface area contributed by atoms with E-state index in [0.717, 1.165) is 0 Å². The number of aryl methyl sites for hydroxylation is 2. The number of hydrogen-bond donors (Lipinski definition) is 2. The van der Waals surface area contributed by atoms with E-state index in [9.17, 15) is 4.79 Å². The van der Waals surface area contributed by atoms with Crippen molar-refractivity contribution in [1.82, 2.24) is 29.9 Å². The number of aromatic nitrogens is 6. The van der Waals surface area contributed by atoms with Gasteiger partial charge in [-0.3, -0.25) is 4.68 Å². The second-order valence-corrected chi connectivity index (χ2v) is 6.84. The highest BCUT2D eigenvalue weighted by atomic mass is 16.5. The predicted octanol–water partition coefficient (Wildman–Crippen LogP) is 4.27. The number of hydrogen-bond acceptors (Lipinski definition) is 11. The van der Waals surface area contributed by atoms with E-state index in [1.807, 2.05) is 13.8 Å². The van der Waals surface area contributed by atoms with Crippen LogP contribution in [0.3, 0.4) is 0 Å². The molecule has 12 heteroatoms. The number of esters is 1. The Morgan fingerprint density at radius 2 is 1.97 bits per heavy atom. The van der Waals surface area contributed by atoms with Crippen molar-refractivity contribution in [3.8, 4) is 17.2 Å². The molecule has 0 aliphatic carbocycles. The lowest BCUT2D eigenvalue weighted by Crippen LogP contribution is -2.12. The minimum Gasteiger partial charge on any atom is -0.494 e. The van der Waals surface area contributed by atoms with Gasteiger partial charge in [-0.2, -0.15) is 10.1 Å². The molecule has 0 aliphatic heterocycles.